The number of benzene rings is 2. The number of anilines is 1. The lowest BCUT2D eigenvalue weighted by atomic mass is 9.99. The van der Waals surface area contributed by atoms with E-state index in [1.165, 1.54) is 41.4 Å². The van der Waals surface area contributed by atoms with Crippen molar-refractivity contribution in [1.29, 1.82) is 0 Å². The summed E-state index contributed by atoms with van der Waals surface area (Å²) in [6.07, 6.45) is 5.50. The lowest BCUT2D eigenvalue weighted by Crippen LogP contribution is -2.45. The normalized spacial score (nSPS) is 16.0. The first-order chi connectivity index (χ1) is 22.1. The van der Waals surface area contributed by atoms with E-state index < -0.39 is 34.8 Å². The number of rotatable bonds is 7. The molecule has 0 unspecified atom stereocenters. The molecule has 6 rings (SSSR count). The van der Waals surface area contributed by atoms with Gasteiger partial charge in [0.25, 0.3) is 11.5 Å². The Morgan fingerprint density at radius 2 is 1.76 bits per heavy atom. The van der Waals surface area contributed by atoms with E-state index in [0.717, 1.165) is 66.5 Å². The molecule has 0 radical (unpaired) electrons. The van der Waals surface area contributed by atoms with Crippen LogP contribution in [0.5, 0.6) is 11.6 Å². The van der Waals surface area contributed by atoms with Crippen molar-refractivity contribution in [2.24, 2.45) is 0 Å². The zero-order valence-corrected chi connectivity index (χ0v) is 25.9. The summed E-state index contributed by atoms with van der Waals surface area (Å²) in [5, 5.41) is 2.54. The van der Waals surface area contributed by atoms with Gasteiger partial charge < -0.3 is 15.0 Å². The molecular weight excluding hydrogens is 596 g/mol. The van der Waals surface area contributed by atoms with Gasteiger partial charge in [0, 0.05) is 48.7 Å². The minimum atomic E-state index is -0.894. The van der Waals surface area contributed by atoms with Crippen LogP contribution in [0, 0.1) is 11.6 Å². The summed E-state index contributed by atoms with van der Waals surface area (Å²) in [5.74, 6) is -1.92. The van der Waals surface area contributed by atoms with Crippen LogP contribution in [0.25, 0.3) is 5.69 Å². The number of carbonyl (C=O) groups excluding carboxylic acids is 1. The third kappa shape index (κ3) is 6.33. The summed E-state index contributed by atoms with van der Waals surface area (Å²) < 4.78 is 36.8. The van der Waals surface area contributed by atoms with Crippen LogP contribution in [0.2, 0.25) is 0 Å². The lowest BCUT2D eigenvalue weighted by Gasteiger charge is -2.39. The molecular formula is C33H35F2N7O4. The number of hydrogen-bond donors (Lipinski definition) is 1. The predicted molar refractivity (Wildman–Crippen MR) is 168 cm³/mol. The molecule has 0 aliphatic carbocycles. The average molecular weight is 632 g/mol. The van der Waals surface area contributed by atoms with E-state index in [-0.39, 0.29) is 22.7 Å². The van der Waals surface area contributed by atoms with E-state index in [4.69, 9.17) is 4.74 Å². The molecule has 0 saturated carbocycles. The molecule has 0 spiro atoms. The number of nitrogens with one attached hydrogen (secondary N) is 1. The van der Waals surface area contributed by atoms with E-state index in [9.17, 15) is 18.8 Å². The van der Waals surface area contributed by atoms with Crippen LogP contribution in [0.3, 0.4) is 0 Å². The SMILES string of the molecule is CC(C)n1cc(C(=O)Nc2ccc(Oc3ncnc4c3CCN(C3CCN(C)CC3)C4)c(F)c2)c(=O)n(-c2ccc(F)cc2)c1=O. The summed E-state index contributed by atoms with van der Waals surface area (Å²) in [6, 6.07) is 8.79. The summed E-state index contributed by atoms with van der Waals surface area (Å²) in [6.45, 7) is 7.10. The lowest BCUT2D eigenvalue weighted by molar-refractivity contribution is 0.102. The molecule has 4 aromatic rings. The number of likely N-dealkylation sites (tertiary alicyclic amines) is 1. The number of amides is 1. The molecule has 13 heteroatoms. The van der Waals surface area contributed by atoms with Gasteiger partial charge in [-0.05, 0) is 89.6 Å². The van der Waals surface area contributed by atoms with Crippen molar-refractivity contribution in [1.82, 2.24) is 28.9 Å². The summed E-state index contributed by atoms with van der Waals surface area (Å²) >= 11 is 0. The van der Waals surface area contributed by atoms with Gasteiger partial charge in [0.2, 0.25) is 5.88 Å². The third-order valence-electron chi connectivity index (χ3n) is 8.60. The molecule has 0 bridgehead atoms. The molecule has 1 amide bonds. The topological polar surface area (TPSA) is 115 Å². The van der Waals surface area contributed by atoms with Gasteiger partial charge >= 0.3 is 5.69 Å². The van der Waals surface area contributed by atoms with Gasteiger partial charge in [-0.25, -0.2) is 28.1 Å². The van der Waals surface area contributed by atoms with E-state index in [1.807, 2.05) is 0 Å². The number of piperidine rings is 1. The van der Waals surface area contributed by atoms with E-state index in [1.54, 1.807) is 13.8 Å². The number of hydrogen-bond acceptors (Lipinski definition) is 8. The van der Waals surface area contributed by atoms with Gasteiger partial charge in [0.1, 0.15) is 17.7 Å². The molecule has 0 atom stereocenters. The van der Waals surface area contributed by atoms with Crippen molar-refractivity contribution in [3.8, 4) is 17.3 Å². The first kappa shape index (κ1) is 31.2. The van der Waals surface area contributed by atoms with Crippen LogP contribution < -0.4 is 21.3 Å². The van der Waals surface area contributed by atoms with Gasteiger partial charge in [-0.3, -0.25) is 19.1 Å². The zero-order valence-electron chi connectivity index (χ0n) is 25.9. The van der Waals surface area contributed by atoms with Crippen LogP contribution in [0.4, 0.5) is 14.5 Å². The highest BCUT2D eigenvalue weighted by Crippen LogP contribution is 2.32. The quantitative estimate of drug-likeness (QED) is 0.324. The molecule has 2 aliphatic rings. The maximum Gasteiger partial charge on any atom is 0.335 e. The van der Waals surface area contributed by atoms with Crippen molar-refractivity contribution in [3.63, 3.8) is 0 Å². The van der Waals surface area contributed by atoms with Gasteiger partial charge in [-0.2, -0.15) is 0 Å². The molecule has 2 aromatic heterocycles. The number of aromatic nitrogens is 4. The Balaban J connectivity index is 1.20. The molecule has 11 nitrogen and oxygen atoms in total. The van der Waals surface area contributed by atoms with Gasteiger partial charge in [0.05, 0.1) is 11.4 Å². The van der Waals surface area contributed by atoms with Crippen molar-refractivity contribution >= 4 is 11.6 Å². The maximum atomic E-state index is 15.3. The fourth-order valence-corrected chi connectivity index (χ4v) is 5.98. The smallest absolute Gasteiger partial charge is 0.335 e. The summed E-state index contributed by atoms with van der Waals surface area (Å²) in [5.41, 5.74) is -0.0285. The van der Waals surface area contributed by atoms with E-state index >= 15 is 4.39 Å². The fraction of sp³-hybridized carbons (Fsp3) is 0.364. The van der Waals surface area contributed by atoms with Crippen LogP contribution >= 0.6 is 0 Å². The Bertz CT molecular complexity index is 1880. The number of ether oxygens (including phenoxy) is 1. The molecule has 1 saturated heterocycles. The monoisotopic (exact) mass is 631 g/mol. The van der Waals surface area contributed by atoms with E-state index in [2.05, 4.69) is 32.1 Å². The first-order valence-corrected chi connectivity index (χ1v) is 15.3. The minimum Gasteiger partial charge on any atom is -0.436 e. The Labute approximate surface area is 264 Å². The van der Waals surface area contributed by atoms with Crippen LogP contribution in [0.1, 0.15) is 54.3 Å². The summed E-state index contributed by atoms with van der Waals surface area (Å²) in [7, 11) is 2.14. The highest BCUT2D eigenvalue weighted by atomic mass is 19.1. The second-order valence-corrected chi connectivity index (χ2v) is 12.0. The Morgan fingerprint density at radius 3 is 2.46 bits per heavy atom. The van der Waals surface area contributed by atoms with Crippen LogP contribution in [0.15, 0.2) is 64.6 Å². The highest BCUT2D eigenvalue weighted by Gasteiger charge is 2.29. The number of nitrogens with zero attached hydrogens (tertiary/aromatic N) is 6. The molecule has 46 heavy (non-hydrogen) atoms. The highest BCUT2D eigenvalue weighted by molar-refractivity contribution is 6.03. The van der Waals surface area contributed by atoms with Gasteiger partial charge in [-0.1, -0.05) is 0 Å². The van der Waals surface area contributed by atoms with Crippen molar-refractivity contribution in [2.75, 3.05) is 32.0 Å². The maximum absolute atomic E-state index is 15.3. The molecule has 2 aliphatic heterocycles. The molecule has 240 valence electrons. The fourth-order valence-electron chi connectivity index (χ4n) is 5.98. The van der Waals surface area contributed by atoms with Crippen molar-refractivity contribution in [2.45, 2.75) is 51.7 Å². The van der Waals surface area contributed by atoms with Gasteiger partial charge in [-0.15, -0.1) is 0 Å². The van der Waals surface area contributed by atoms with Crippen molar-refractivity contribution < 1.29 is 18.3 Å². The van der Waals surface area contributed by atoms with Crippen LogP contribution in [-0.2, 0) is 13.0 Å². The standard InChI is InChI=1S/C33H35F2N7O4/c1-20(2)41-17-26(32(44)42(33(41)45)24-7-4-21(34)5-8-24)30(43)38-22-6-9-29(27(35)16-22)46-31-25-12-15-40(18-28(25)36-19-37-31)23-10-13-39(3)14-11-23/h4-9,16-17,19-20,23H,10-15,18H2,1-3H3,(H,38,43). The van der Waals surface area contributed by atoms with E-state index in [0.29, 0.717) is 24.9 Å². The third-order valence-corrected chi connectivity index (χ3v) is 8.60. The Morgan fingerprint density at radius 1 is 1.02 bits per heavy atom. The Kier molecular flexibility index (Phi) is 8.78. The Hall–Kier alpha value is -4.75. The van der Waals surface area contributed by atoms with Gasteiger partial charge in [0.15, 0.2) is 11.6 Å². The summed E-state index contributed by atoms with van der Waals surface area (Å²) in [4.78, 5) is 53.3. The number of fused-ring (bicyclic) bond motifs is 1. The second kappa shape index (κ2) is 12.9. The molecule has 1 fully saturated rings. The number of halogens is 2. The van der Waals surface area contributed by atoms with Crippen molar-refractivity contribution in [3.05, 3.63) is 104 Å². The zero-order chi connectivity index (χ0) is 32.5. The number of carbonyl (C=O) groups is 1. The molecule has 4 heterocycles. The average Bonchev–Trinajstić information content (AvgIpc) is 3.03. The largest absolute Gasteiger partial charge is 0.436 e. The first-order valence-electron chi connectivity index (χ1n) is 15.3. The minimum absolute atomic E-state index is 0.0726. The predicted octanol–water partition coefficient (Wildman–Crippen LogP) is 4.15. The second-order valence-electron chi connectivity index (χ2n) is 12.0. The molecule has 1 N–H and O–H groups in total. The molecule has 2 aromatic carbocycles. The van der Waals surface area contributed by atoms with Crippen LogP contribution in [-0.4, -0.2) is 67.5 Å².